The van der Waals surface area contributed by atoms with Crippen molar-refractivity contribution in [1.82, 2.24) is 5.32 Å². The number of nitriles is 1. The molecule has 0 bridgehead atoms. The lowest BCUT2D eigenvalue weighted by atomic mass is 9.99. The molecule has 1 saturated heterocycles. The van der Waals surface area contributed by atoms with Gasteiger partial charge in [0.2, 0.25) is 5.91 Å². The summed E-state index contributed by atoms with van der Waals surface area (Å²) >= 11 is 0. The summed E-state index contributed by atoms with van der Waals surface area (Å²) in [5, 5.41) is 12.0. The topological polar surface area (TPSA) is 87.0 Å². The number of hydrogen-bond acceptors (Lipinski definition) is 4. The van der Waals surface area contributed by atoms with Crippen molar-refractivity contribution in [2.45, 2.75) is 25.3 Å². The molecule has 6 heteroatoms. The molecule has 1 fully saturated rings. The lowest BCUT2D eigenvalue weighted by molar-refractivity contribution is -0.124. The van der Waals surface area contributed by atoms with Crippen LogP contribution in [0.1, 0.15) is 18.4 Å². The maximum Gasteiger partial charge on any atom is 0.237 e. The van der Waals surface area contributed by atoms with E-state index in [2.05, 4.69) is 5.32 Å². The second-order valence-electron chi connectivity index (χ2n) is 5.31. The molecule has 5 nitrogen and oxygen atoms in total. The standard InChI is InChI=1S/C15H18N2O3S/c16-11-13(10-12-4-2-1-3-5-12)15(18)17-14-6-8-21(19,20)9-7-14/h1-5,13-14H,6-10H2,(H,17,18). The summed E-state index contributed by atoms with van der Waals surface area (Å²) in [6.07, 6.45) is 1.23. The number of rotatable bonds is 4. The Balaban J connectivity index is 1.91. The van der Waals surface area contributed by atoms with E-state index in [1.807, 2.05) is 36.4 Å². The monoisotopic (exact) mass is 306 g/mol. The van der Waals surface area contributed by atoms with Crippen molar-refractivity contribution in [3.63, 3.8) is 0 Å². The number of hydrogen-bond donors (Lipinski definition) is 1. The molecule has 0 saturated carbocycles. The van der Waals surface area contributed by atoms with Crippen LogP contribution >= 0.6 is 0 Å². The van der Waals surface area contributed by atoms with Crippen LogP contribution in [-0.4, -0.2) is 31.9 Å². The number of carbonyl (C=O) groups excluding carboxylic acids is 1. The molecule has 1 aliphatic heterocycles. The Morgan fingerprint density at radius 1 is 1.29 bits per heavy atom. The average Bonchev–Trinajstić information content (AvgIpc) is 2.48. The summed E-state index contributed by atoms with van der Waals surface area (Å²) in [6, 6.07) is 11.3. The van der Waals surface area contributed by atoms with Crippen LogP contribution in [0.4, 0.5) is 0 Å². The van der Waals surface area contributed by atoms with Crippen LogP contribution in [0.15, 0.2) is 30.3 Å². The molecule has 1 amide bonds. The average molecular weight is 306 g/mol. The smallest absolute Gasteiger partial charge is 0.237 e. The van der Waals surface area contributed by atoms with E-state index in [0.29, 0.717) is 19.3 Å². The van der Waals surface area contributed by atoms with Gasteiger partial charge in [-0.1, -0.05) is 30.3 Å². The fourth-order valence-corrected chi connectivity index (χ4v) is 3.87. The number of amides is 1. The van der Waals surface area contributed by atoms with Crippen molar-refractivity contribution in [2.24, 2.45) is 5.92 Å². The number of nitrogens with one attached hydrogen (secondary N) is 1. The zero-order valence-electron chi connectivity index (χ0n) is 11.7. The summed E-state index contributed by atoms with van der Waals surface area (Å²) in [7, 11) is -2.94. The molecular formula is C15H18N2O3S. The molecule has 1 N–H and O–H groups in total. The summed E-state index contributed by atoms with van der Waals surface area (Å²) in [4.78, 5) is 12.1. The first kappa shape index (κ1) is 15.5. The van der Waals surface area contributed by atoms with Crippen LogP contribution in [0.3, 0.4) is 0 Å². The van der Waals surface area contributed by atoms with Crippen molar-refractivity contribution >= 4 is 15.7 Å². The molecule has 1 aromatic carbocycles. The maximum atomic E-state index is 12.1. The van der Waals surface area contributed by atoms with Gasteiger partial charge in [0.05, 0.1) is 17.6 Å². The van der Waals surface area contributed by atoms with Crippen molar-refractivity contribution in [2.75, 3.05) is 11.5 Å². The normalized spacial score (nSPS) is 19.4. The van der Waals surface area contributed by atoms with E-state index in [1.165, 1.54) is 0 Å². The highest BCUT2D eigenvalue weighted by atomic mass is 32.2. The molecule has 112 valence electrons. The van der Waals surface area contributed by atoms with Crippen molar-refractivity contribution in [1.29, 1.82) is 5.26 Å². The highest BCUT2D eigenvalue weighted by Crippen LogP contribution is 2.14. The second-order valence-corrected chi connectivity index (χ2v) is 7.61. The molecule has 1 atom stereocenters. The highest BCUT2D eigenvalue weighted by Gasteiger charge is 2.27. The lowest BCUT2D eigenvalue weighted by Gasteiger charge is -2.24. The molecule has 21 heavy (non-hydrogen) atoms. The van der Waals surface area contributed by atoms with Gasteiger partial charge < -0.3 is 5.32 Å². The van der Waals surface area contributed by atoms with Crippen molar-refractivity contribution < 1.29 is 13.2 Å². The Kier molecular flexibility index (Phi) is 4.97. The summed E-state index contributed by atoms with van der Waals surface area (Å²) in [6.45, 7) is 0. The molecule has 1 aliphatic rings. The van der Waals surface area contributed by atoms with E-state index < -0.39 is 15.8 Å². The Morgan fingerprint density at radius 3 is 2.48 bits per heavy atom. The predicted molar refractivity (Wildman–Crippen MR) is 79.1 cm³/mol. The number of nitrogens with zero attached hydrogens (tertiary/aromatic N) is 1. The van der Waals surface area contributed by atoms with Gasteiger partial charge in [0.25, 0.3) is 0 Å². The maximum absolute atomic E-state index is 12.1. The summed E-state index contributed by atoms with van der Waals surface area (Å²) in [5.41, 5.74) is 0.936. The van der Waals surface area contributed by atoms with Crippen LogP contribution in [0.2, 0.25) is 0 Å². The predicted octanol–water partition coefficient (Wildman–Crippen LogP) is 1.06. The van der Waals surface area contributed by atoms with Gasteiger partial charge in [-0.3, -0.25) is 4.79 Å². The van der Waals surface area contributed by atoms with E-state index in [4.69, 9.17) is 5.26 Å². The Bertz CT molecular complexity index is 621. The third-order valence-electron chi connectivity index (χ3n) is 3.66. The van der Waals surface area contributed by atoms with E-state index in [0.717, 1.165) is 5.56 Å². The Morgan fingerprint density at radius 2 is 1.90 bits per heavy atom. The molecule has 0 spiro atoms. The number of benzene rings is 1. The molecule has 1 heterocycles. The van der Waals surface area contributed by atoms with Gasteiger partial charge in [0, 0.05) is 6.04 Å². The summed E-state index contributed by atoms with van der Waals surface area (Å²) in [5.74, 6) is -0.849. The quantitative estimate of drug-likeness (QED) is 0.901. The molecular weight excluding hydrogens is 288 g/mol. The largest absolute Gasteiger partial charge is 0.352 e. The fourth-order valence-electron chi connectivity index (χ4n) is 2.38. The summed E-state index contributed by atoms with van der Waals surface area (Å²) < 4.78 is 22.7. The van der Waals surface area contributed by atoms with Crippen molar-refractivity contribution in [3.8, 4) is 6.07 Å². The van der Waals surface area contributed by atoms with Crippen LogP contribution in [0.25, 0.3) is 0 Å². The molecule has 1 unspecified atom stereocenters. The van der Waals surface area contributed by atoms with E-state index in [-0.39, 0.29) is 23.5 Å². The molecule has 2 rings (SSSR count). The minimum atomic E-state index is -2.94. The van der Waals surface area contributed by atoms with E-state index >= 15 is 0 Å². The van der Waals surface area contributed by atoms with Gasteiger partial charge in [-0.2, -0.15) is 5.26 Å². The zero-order valence-corrected chi connectivity index (χ0v) is 12.5. The SMILES string of the molecule is N#CC(Cc1ccccc1)C(=O)NC1CCS(=O)(=O)CC1. The Labute approximate surface area is 124 Å². The number of sulfone groups is 1. The Hall–Kier alpha value is -1.87. The van der Waals surface area contributed by atoms with Gasteiger partial charge in [0.1, 0.15) is 15.8 Å². The third kappa shape index (κ3) is 4.57. The van der Waals surface area contributed by atoms with Gasteiger partial charge >= 0.3 is 0 Å². The highest BCUT2D eigenvalue weighted by molar-refractivity contribution is 7.91. The van der Waals surface area contributed by atoms with Gasteiger partial charge in [-0.15, -0.1) is 0 Å². The van der Waals surface area contributed by atoms with Crippen LogP contribution in [0, 0.1) is 17.2 Å². The zero-order chi connectivity index (χ0) is 15.3. The second kappa shape index (κ2) is 6.72. The van der Waals surface area contributed by atoms with E-state index in [9.17, 15) is 13.2 Å². The van der Waals surface area contributed by atoms with E-state index in [1.54, 1.807) is 0 Å². The first-order chi connectivity index (χ1) is 10.00. The van der Waals surface area contributed by atoms with Crippen molar-refractivity contribution in [3.05, 3.63) is 35.9 Å². The lowest BCUT2D eigenvalue weighted by Crippen LogP contribution is -2.43. The first-order valence-corrected chi connectivity index (χ1v) is 8.76. The fraction of sp³-hybridized carbons (Fsp3) is 0.467. The minimum absolute atomic E-state index is 0.105. The van der Waals surface area contributed by atoms with Crippen LogP contribution < -0.4 is 5.32 Å². The van der Waals surface area contributed by atoms with Gasteiger partial charge in [0.15, 0.2) is 0 Å². The molecule has 0 radical (unpaired) electrons. The first-order valence-electron chi connectivity index (χ1n) is 6.94. The molecule has 1 aromatic rings. The molecule has 0 aromatic heterocycles. The third-order valence-corrected chi connectivity index (χ3v) is 5.37. The van der Waals surface area contributed by atoms with Gasteiger partial charge in [-0.05, 0) is 24.8 Å². The van der Waals surface area contributed by atoms with Crippen LogP contribution in [0.5, 0.6) is 0 Å². The van der Waals surface area contributed by atoms with Crippen LogP contribution in [-0.2, 0) is 21.1 Å². The molecule has 0 aliphatic carbocycles. The number of carbonyl (C=O) groups is 1. The van der Waals surface area contributed by atoms with Gasteiger partial charge in [-0.25, -0.2) is 8.42 Å². The minimum Gasteiger partial charge on any atom is -0.352 e.